The molecule has 1 amide bonds. The Hall–Kier alpha value is -3.27. The van der Waals surface area contributed by atoms with Crippen LogP contribution >= 0.6 is 0 Å². The van der Waals surface area contributed by atoms with E-state index in [-0.39, 0.29) is 12.3 Å². The predicted octanol–water partition coefficient (Wildman–Crippen LogP) is 1.65. The first-order chi connectivity index (χ1) is 11.3. The Morgan fingerprint density at radius 3 is 3.17 bits per heavy atom. The van der Waals surface area contributed by atoms with E-state index in [1.54, 1.807) is 11.1 Å². The molecule has 0 spiro atoms. The first kappa shape index (κ1) is 13.4. The highest BCUT2D eigenvalue weighted by Gasteiger charge is 2.23. The second-order valence-corrected chi connectivity index (χ2v) is 5.32. The van der Waals surface area contributed by atoms with Crippen LogP contribution in [0.3, 0.4) is 0 Å². The fourth-order valence-electron chi connectivity index (χ4n) is 2.90. The number of hydrogen-bond acceptors (Lipinski definition) is 5. The summed E-state index contributed by atoms with van der Waals surface area (Å²) in [5.41, 5.74) is 3.33. The molecule has 0 aromatic carbocycles. The molecule has 7 nitrogen and oxygen atoms in total. The van der Waals surface area contributed by atoms with Gasteiger partial charge in [0.1, 0.15) is 18.4 Å². The summed E-state index contributed by atoms with van der Waals surface area (Å²) in [5, 5.41) is 10.6. The first-order valence-corrected chi connectivity index (χ1v) is 7.19. The quantitative estimate of drug-likeness (QED) is 0.776. The minimum Gasteiger partial charge on any atom is -0.346 e. The van der Waals surface area contributed by atoms with E-state index >= 15 is 0 Å². The second-order valence-electron chi connectivity index (χ2n) is 5.32. The Bertz CT molecular complexity index is 997. The normalized spacial score (nSPS) is 14.2. The summed E-state index contributed by atoms with van der Waals surface area (Å²) in [5.74, 6) is -0.162. The van der Waals surface area contributed by atoms with E-state index in [2.05, 4.69) is 19.9 Å². The lowest BCUT2D eigenvalue weighted by Gasteiger charge is -2.15. The molecular formula is C16H12N6O. The third-order valence-electron chi connectivity index (χ3n) is 3.99. The number of carbonyl (C=O) groups excluding carboxylic acids is 1. The molecule has 0 atom stereocenters. The summed E-state index contributed by atoms with van der Waals surface area (Å²) in [6, 6.07) is 3.85. The number of pyridine rings is 1. The van der Waals surface area contributed by atoms with Crippen molar-refractivity contribution < 1.29 is 4.79 Å². The van der Waals surface area contributed by atoms with Gasteiger partial charge in [-0.2, -0.15) is 5.26 Å². The smallest absolute Gasteiger partial charge is 0.237 e. The third kappa shape index (κ3) is 2.12. The van der Waals surface area contributed by atoms with Gasteiger partial charge >= 0.3 is 0 Å². The number of H-pyrrole nitrogens is 1. The van der Waals surface area contributed by atoms with Gasteiger partial charge in [-0.25, -0.2) is 15.0 Å². The number of nitrogens with one attached hydrogen (secondary N) is 1. The molecular weight excluding hydrogens is 292 g/mol. The summed E-state index contributed by atoms with van der Waals surface area (Å²) in [4.78, 5) is 29.7. The predicted molar refractivity (Wildman–Crippen MR) is 84.0 cm³/mol. The van der Waals surface area contributed by atoms with Crippen LogP contribution in [0.4, 0.5) is 0 Å². The van der Waals surface area contributed by atoms with E-state index in [1.165, 1.54) is 6.33 Å². The molecule has 1 aliphatic heterocycles. The van der Waals surface area contributed by atoms with Crippen LogP contribution < -0.4 is 0 Å². The maximum atomic E-state index is 11.9. The summed E-state index contributed by atoms with van der Waals surface area (Å²) in [6.07, 6.45) is 6.94. The number of rotatable bonds is 2. The summed E-state index contributed by atoms with van der Waals surface area (Å²) < 4.78 is 0. The van der Waals surface area contributed by atoms with Crippen molar-refractivity contribution in [2.24, 2.45) is 0 Å². The van der Waals surface area contributed by atoms with Crippen LogP contribution in [0.5, 0.6) is 0 Å². The molecule has 4 heterocycles. The Kier molecular flexibility index (Phi) is 3.01. The number of carbonyl (C=O) groups is 1. The molecule has 4 rings (SSSR count). The van der Waals surface area contributed by atoms with Gasteiger partial charge in [-0.1, -0.05) is 6.08 Å². The van der Waals surface area contributed by atoms with Gasteiger partial charge in [0.25, 0.3) is 0 Å². The zero-order chi connectivity index (χ0) is 15.8. The van der Waals surface area contributed by atoms with E-state index in [0.29, 0.717) is 13.1 Å². The van der Waals surface area contributed by atoms with Crippen molar-refractivity contribution in [1.82, 2.24) is 24.8 Å². The van der Waals surface area contributed by atoms with E-state index in [1.807, 2.05) is 24.4 Å². The van der Waals surface area contributed by atoms with Crippen molar-refractivity contribution in [2.45, 2.75) is 6.42 Å². The van der Waals surface area contributed by atoms with Crippen molar-refractivity contribution in [1.29, 1.82) is 5.26 Å². The lowest BCUT2D eigenvalue weighted by molar-refractivity contribution is -0.128. The van der Waals surface area contributed by atoms with Crippen LogP contribution in [0.1, 0.15) is 12.1 Å². The summed E-state index contributed by atoms with van der Waals surface area (Å²) in [7, 11) is 0. The van der Waals surface area contributed by atoms with Crippen LogP contribution in [-0.2, 0) is 4.79 Å². The lowest BCUT2D eigenvalue weighted by Crippen LogP contribution is -2.28. The number of nitriles is 1. The fourth-order valence-corrected chi connectivity index (χ4v) is 2.90. The lowest BCUT2D eigenvalue weighted by atomic mass is 10.1. The monoisotopic (exact) mass is 304 g/mol. The van der Waals surface area contributed by atoms with E-state index in [0.717, 1.165) is 33.2 Å². The highest BCUT2D eigenvalue weighted by molar-refractivity contribution is 6.08. The molecule has 112 valence electrons. The van der Waals surface area contributed by atoms with E-state index in [4.69, 9.17) is 5.26 Å². The standard InChI is InChI=1S/C16H12N6O/c17-4-1-13(23)22-6-3-10(8-22)15-14-11-2-5-18-16(11)19-7-12(14)20-9-21-15/h2-3,5,7,9H,1,6,8H2,(H,18,19). The van der Waals surface area contributed by atoms with Gasteiger partial charge in [-0.15, -0.1) is 0 Å². The fraction of sp³-hybridized carbons (Fsp3) is 0.188. The Morgan fingerprint density at radius 2 is 2.30 bits per heavy atom. The minimum atomic E-state index is -0.162. The minimum absolute atomic E-state index is 0.0996. The Morgan fingerprint density at radius 1 is 1.39 bits per heavy atom. The molecule has 0 saturated carbocycles. The molecule has 0 unspecified atom stereocenters. The highest BCUT2D eigenvalue weighted by Crippen LogP contribution is 2.30. The van der Waals surface area contributed by atoms with E-state index < -0.39 is 0 Å². The zero-order valence-corrected chi connectivity index (χ0v) is 12.2. The molecule has 0 aliphatic carbocycles. The molecule has 3 aromatic rings. The number of nitrogens with zero attached hydrogens (tertiary/aromatic N) is 5. The molecule has 23 heavy (non-hydrogen) atoms. The van der Waals surface area contributed by atoms with Gasteiger partial charge in [-0.05, 0) is 11.6 Å². The summed E-state index contributed by atoms with van der Waals surface area (Å²) >= 11 is 0. The molecule has 1 N–H and O–H groups in total. The number of amides is 1. The number of fused-ring (bicyclic) bond motifs is 3. The van der Waals surface area contributed by atoms with Crippen LogP contribution in [0.15, 0.2) is 30.9 Å². The molecule has 0 radical (unpaired) electrons. The molecule has 3 aromatic heterocycles. The van der Waals surface area contributed by atoms with Gasteiger partial charge in [0.05, 0.1) is 23.5 Å². The average molecular weight is 304 g/mol. The van der Waals surface area contributed by atoms with Gasteiger partial charge in [0.15, 0.2) is 0 Å². The van der Waals surface area contributed by atoms with Crippen LogP contribution in [0.25, 0.3) is 27.5 Å². The highest BCUT2D eigenvalue weighted by atomic mass is 16.2. The zero-order valence-electron chi connectivity index (χ0n) is 12.2. The van der Waals surface area contributed by atoms with Gasteiger partial charge in [0, 0.05) is 30.1 Å². The maximum Gasteiger partial charge on any atom is 0.237 e. The van der Waals surface area contributed by atoms with Crippen LogP contribution in [-0.4, -0.2) is 43.8 Å². The van der Waals surface area contributed by atoms with Gasteiger partial charge in [0.2, 0.25) is 5.91 Å². The molecule has 1 aliphatic rings. The van der Waals surface area contributed by atoms with Gasteiger partial charge < -0.3 is 9.88 Å². The number of hydrogen-bond donors (Lipinski definition) is 1. The Labute approximate surface area is 131 Å². The average Bonchev–Trinajstić information content (AvgIpc) is 3.23. The number of aromatic nitrogens is 4. The summed E-state index contributed by atoms with van der Waals surface area (Å²) in [6.45, 7) is 0.962. The molecule has 0 saturated heterocycles. The van der Waals surface area contributed by atoms with Crippen LogP contribution in [0, 0.1) is 11.3 Å². The molecule has 0 bridgehead atoms. The largest absolute Gasteiger partial charge is 0.346 e. The van der Waals surface area contributed by atoms with Crippen molar-refractivity contribution in [3.05, 3.63) is 36.6 Å². The number of aromatic amines is 1. The van der Waals surface area contributed by atoms with Crippen molar-refractivity contribution in [2.75, 3.05) is 13.1 Å². The van der Waals surface area contributed by atoms with Crippen molar-refractivity contribution in [3.63, 3.8) is 0 Å². The Balaban J connectivity index is 1.80. The maximum absolute atomic E-state index is 11.9. The van der Waals surface area contributed by atoms with E-state index in [9.17, 15) is 4.79 Å². The van der Waals surface area contributed by atoms with Gasteiger partial charge in [-0.3, -0.25) is 4.79 Å². The first-order valence-electron chi connectivity index (χ1n) is 7.19. The topological polar surface area (TPSA) is 98.6 Å². The SMILES string of the molecule is N#CCC(=O)N1CC=C(c2ncnc3cnc4[nH]ccc4c23)C1. The van der Waals surface area contributed by atoms with Crippen molar-refractivity contribution >= 4 is 33.4 Å². The molecule has 7 heteroatoms. The van der Waals surface area contributed by atoms with Crippen molar-refractivity contribution in [3.8, 4) is 6.07 Å². The second kappa shape index (κ2) is 5.18. The third-order valence-corrected chi connectivity index (χ3v) is 3.99. The van der Waals surface area contributed by atoms with Crippen LogP contribution in [0.2, 0.25) is 0 Å². The molecule has 0 fully saturated rings.